The first-order chi connectivity index (χ1) is 11.3. The summed E-state index contributed by atoms with van der Waals surface area (Å²) in [6.45, 7) is 2.55. The van der Waals surface area contributed by atoms with Crippen LogP contribution in [0.4, 0.5) is 0 Å². The van der Waals surface area contributed by atoms with Crippen molar-refractivity contribution in [2.75, 3.05) is 13.1 Å². The van der Waals surface area contributed by atoms with Crippen molar-refractivity contribution in [3.8, 4) is 0 Å². The Morgan fingerprint density at radius 2 is 2.09 bits per heavy atom. The van der Waals surface area contributed by atoms with E-state index in [0.29, 0.717) is 0 Å². The highest BCUT2D eigenvalue weighted by Gasteiger charge is 2.28. The molecular formula is C18H18N2O3. The SMILES string of the molecule is O=C(c1ncco1)C1CCN(Cc2cc3ccccc3o2)CC1. The van der Waals surface area contributed by atoms with E-state index < -0.39 is 0 Å². The lowest BCUT2D eigenvalue weighted by molar-refractivity contribution is 0.0794. The molecule has 0 N–H and O–H groups in total. The summed E-state index contributed by atoms with van der Waals surface area (Å²) in [5, 5.41) is 1.14. The molecule has 2 aromatic heterocycles. The molecule has 0 spiro atoms. The number of Topliss-reactive ketones (excluding diaryl/α,β-unsaturated/α-hetero) is 1. The van der Waals surface area contributed by atoms with Crippen molar-refractivity contribution in [2.24, 2.45) is 5.92 Å². The summed E-state index contributed by atoms with van der Waals surface area (Å²) in [5.41, 5.74) is 0.927. The van der Waals surface area contributed by atoms with Gasteiger partial charge < -0.3 is 8.83 Å². The van der Waals surface area contributed by atoms with Crippen molar-refractivity contribution in [3.63, 3.8) is 0 Å². The number of piperidine rings is 1. The molecule has 0 radical (unpaired) electrons. The van der Waals surface area contributed by atoms with Gasteiger partial charge in [-0.1, -0.05) is 18.2 Å². The molecule has 1 aliphatic rings. The Bertz CT molecular complexity index is 766. The Morgan fingerprint density at radius 3 is 2.83 bits per heavy atom. The van der Waals surface area contributed by atoms with E-state index >= 15 is 0 Å². The highest BCUT2D eigenvalue weighted by Crippen LogP contribution is 2.24. The normalized spacial score (nSPS) is 16.9. The third-order valence-corrected chi connectivity index (χ3v) is 4.46. The molecule has 0 unspecified atom stereocenters. The zero-order valence-electron chi connectivity index (χ0n) is 12.8. The van der Waals surface area contributed by atoms with Gasteiger partial charge in [0.15, 0.2) is 0 Å². The molecule has 5 heteroatoms. The predicted molar refractivity (Wildman–Crippen MR) is 85.0 cm³/mol. The first-order valence-corrected chi connectivity index (χ1v) is 7.93. The number of carbonyl (C=O) groups is 1. The fourth-order valence-corrected chi connectivity index (χ4v) is 3.21. The van der Waals surface area contributed by atoms with Crippen molar-refractivity contribution in [1.82, 2.24) is 9.88 Å². The number of fused-ring (bicyclic) bond motifs is 1. The molecule has 118 valence electrons. The van der Waals surface area contributed by atoms with Crippen LogP contribution in [-0.4, -0.2) is 28.8 Å². The van der Waals surface area contributed by atoms with E-state index in [4.69, 9.17) is 8.83 Å². The number of nitrogens with zero attached hydrogens (tertiary/aromatic N) is 2. The molecule has 1 aliphatic heterocycles. The van der Waals surface area contributed by atoms with E-state index in [-0.39, 0.29) is 17.6 Å². The van der Waals surface area contributed by atoms with Crippen LogP contribution >= 0.6 is 0 Å². The largest absolute Gasteiger partial charge is 0.460 e. The average molecular weight is 310 g/mol. The molecule has 1 fully saturated rings. The van der Waals surface area contributed by atoms with Gasteiger partial charge in [-0.15, -0.1) is 0 Å². The van der Waals surface area contributed by atoms with Crippen molar-refractivity contribution in [2.45, 2.75) is 19.4 Å². The molecule has 1 saturated heterocycles. The van der Waals surface area contributed by atoms with Gasteiger partial charge in [0, 0.05) is 11.3 Å². The molecule has 3 heterocycles. The molecule has 0 bridgehead atoms. The molecular weight excluding hydrogens is 292 g/mol. The second-order valence-corrected chi connectivity index (χ2v) is 6.00. The van der Waals surface area contributed by atoms with Crippen molar-refractivity contribution < 1.29 is 13.6 Å². The Labute approximate surface area is 133 Å². The van der Waals surface area contributed by atoms with E-state index in [9.17, 15) is 4.79 Å². The van der Waals surface area contributed by atoms with Crippen LogP contribution in [0.5, 0.6) is 0 Å². The maximum Gasteiger partial charge on any atom is 0.263 e. The lowest BCUT2D eigenvalue weighted by Gasteiger charge is -2.29. The van der Waals surface area contributed by atoms with E-state index in [0.717, 1.165) is 49.2 Å². The van der Waals surface area contributed by atoms with Gasteiger partial charge in [-0.25, -0.2) is 4.98 Å². The maximum atomic E-state index is 12.2. The number of hydrogen-bond acceptors (Lipinski definition) is 5. The lowest BCUT2D eigenvalue weighted by atomic mass is 9.92. The van der Waals surface area contributed by atoms with Gasteiger partial charge in [0.1, 0.15) is 17.6 Å². The zero-order valence-corrected chi connectivity index (χ0v) is 12.8. The van der Waals surface area contributed by atoms with E-state index in [2.05, 4.69) is 22.0 Å². The minimum Gasteiger partial charge on any atom is -0.460 e. The Balaban J connectivity index is 1.37. The first-order valence-electron chi connectivity index (χ1n) is 7.93. The summed E-state index contributed by atoms with van der Waals surface area (Å²) in [5.74, 6) is 1.25. The standard InChI is InChI=1S/C18H18N2O3/c21-17(18-19-7-10-22-18)13-5-8-20(9-6-13)12-15-11-14-3-1-2-4-16(14)23-15/h1-4,7,10-11,13H,5-6,8-9,12H2. The number of oxazole rings is 1. The summed E-state index contributed by atoms with van der Waals surface area (Å²) in [4.78, 5) is 18.5. The Hall–Kier alpha value is -2.40. The van der Waals surface area contributed by atoms with E-state index in [1.54, 1.807) is 0 Å². The van der Waals surface area contributed by atoms with Gasteiger partial charge in [-0.05, 0) is 38.1 Å². The third kappa shape index (κ3) is 2.92. The summed E-state index contributed by atoms with van der Waals surface area (Å²) < 4.78 is 11.0. The highest BCUT2D eigenvalue weighted by molar-refractivity contribution is 5.93. The highest BCUT2D eigenvalue weighted by atomic mass is 16.3. The van der Waals surface area contributed by atoms with Crippen molar-refractivity contribution in [1.29, 1.82) is 0 Å². The maximum absolute atomic E-state index is 12.2. The minimum atomic E-state index is 0.0144. The summed E-state index contributed by atoms with van der Waals surface area (Å²) in [6, 6.07) is 10.1. The lowest BCUT2D eigenvalue weighted by Crippen LogP contribution is -2.35. The van der Waals surface area contributed by atoms with Crippen LogP contribution in [0.2, 0.25) is 0 Å². The fraction of sp³-hybridized carbons (Fsp3) is 0.333. The monoisotopic (exact) mass is 310 g/mol. The topological polar surface area (TPSA) is 59.5 Å². The molecule has 3 aromatic rings. The molecule has 4 rings (SSSR count). The Kier molecular flexibility index (Phi) is 3.71. The van der Waals surface area contributed by atoms with Gasteiger partial charge in [-0.2, -0.15) is 0 Å². The van der Waals surface area contributed by atoms with Crippen LogP contribution in [0.25, 0.3) is 11.0 Å². The van der Waals surface area contributed by atoms with E-state index in [1.807, 2.05) is 18.2 Å². The Morgan fingerprint density at radius 1 is 1.26 bits per heavy atom. The van der Waals surface area contributed by atoms with Crippen LogP contribution < -0.4 is 0 Å². The van der Waals surface area contributed by atoms with Crippen molar-refractivity contribution in [3.05, 3.63) is 54.4 Å². The third-order valence-electron chi connectivity index (χ3n) is 4.46. The van der Waals surface area contributed by atoms with Crippen LogP contribution in [-0.2, 0) is 6.54 Å². The van der Waals surface area contributed by atoms with Crippen molar-refractivity contribution >= 4 is 16.8 Å². The first kappa shape index (κ1) is 14.2. The molecule has 5 nitrogen and oxygen atoms in total. The zero-order chi connectivity index (χ0) is 15.6. The molecule has 23 heavy (non-hydrogen) atoms. The number of carbonyl (C=O) groups excluding carboxylic acids is 1. The van der Waals surface area contributed by atoms with E-state index in [1.165, 1.54) is 12.5 Å². The molecule has 0 atom stereocenters. The number of furan rings is 1. The number of benzene rings is 1. The number of rotatable bonds is 4. The number of likely N-dealkylation sites (tertiary alicyclic amines) is 1. The minimum absolute atomic E-state index is 0.0144. The van der Waals surface area contributed by atoms with Gasteiger partial charge in [0.25, 0.3) is 5.89 Å². The predicted octanol–water partition coefficient (Wildman–Crippen LogP) is 3.52. The quantitative estimate of drug-likeness (QED) is 0.690. The number of aromatic nitrogens is 1. The fourth-order valence-electron chi connectivity index (χ4n) is 3.21. The smallest absolute Gasteiger partial charge is 0.263 e. The second-order valence-electron chi connectivity index (χ2n) is 6.00. The van der Waals surface area contributed by atoms with Crippen LogP contribution in [0, 0.1) is 5.92 Å². The molecule has 0 saturated carbocycles. The van der Waals surface area contributed by atoms with Gasteiger partial charge in [0.05, 0.1) is 12.7 Å². The van der Waals surface area contributed by atoms with Crippen LogP contribution in [0.1, 0.15) is 29.3 Å². The van der Waals surface area contributed by atoms with Gasteiger partial charge in [0.2, 0.25) is 5.78 Å². The summed E-state index contributed by atoms with van der Waals surface area (Å²) >= 11 is 0. The second kappa shape index (κ2) is 6.01. The summed E-state index contributed by atoms with van der Waals surface area (Å²) in [7, 11) is 0. The van der Waals surface area contributed by atoms with Gasteiger partial charge >= 0.3 is 0 Å². The van der Waals surface area contributed by atoms with Crippen LogP contribution in [0.3, 0.4) is 0 Å². The molecule has 1 aromatic carbocycles. The molecule has 0 amide bonds. The average Bonchev–Trinajstić information content (AvgIpc) is 3.24. The van der Waals surface area contributed by atoms with Gasteiger partial charge in [-0.3, -0.25) is 9.69 Å². The number of para-hydroxylation sites is 1. The molecule has 0 aliphatic carbocycles. The number of ketones is 1. The summed E-state index contributed by atoms with van der Waals surface area (Å²) in [6.07, 6.45) is 4.64. The van der Waals surface area contributed by atoms with Crippen LogP contribution in [0.15, 0.2) is 51.6 Å². The number of hydrogen-bond donors (Lipinski definition) is 0.